The van der Waals surface area contributed by atoms with E-state index in [1.54, 1.807) is 18.2 Å². The van der Waals surface area contributed by atoms with Crippen LogP contribution in [0.1, 0.15) is 11.1 Å². The van der Waals surface area contributed by atoms with E-state index < -0.39 is 17.4 Å². The minimum atomic E-state index is -0.591. The predicted molar refractivity (Wildman–Crippen MR) is 87.2 cm³/mol. The monoisotopic (exact) mass is 329 g/mol. The Kier molecular flexibility index (Phi) is 5.45. The van der Waals surface area contributed by atoms with Crippen LogP contribution in [-0.2, 0) is 4.79 Å². The van der Waals surface area contributed by atoms with E-state index in [2.05, 4.69) is 10.5 Å². The van der Waals surface area contributed by atoms with Crippen molar-refractivity contribution in [3.05, 3.63) is 63.7 Å². The summed E-state index contributed by atoms with van der Waals surface area (Å²) in [5.41, 5.74) is 3.38. The molecule has 1 amide bonds. The number of hydrazone groups is 1. The highest BCUT2D eigenvalue weighted by Crippen LogP contribution is 2.25. The number of nitro benzene ring substituents is 1. The number of ether oxygens (including phenoxy) is 1. The topological polar surface area (TPSA) is 114 Å². The van der Waals surface area contributed by atoms with Gasteiger partial charge in [0, 0.05) is 11.6 Å². The number of rotatable bonds is 6. The molecule has 0 aliphatic carbocycles. The van der Waals surface area contributed by atoms with Crippen LogP contribution < -0.4 is 10.2 Å². The van der Waals surface area contributed by atoms with Crippen molar-refractivity contribution in [2.24, 2.45) is 5.10 Å². The van der Waals surface area contributed by atoms with Crippen molar-refractivity contribution in [3.8, 4) is 11.5 Å². The van der Waals surface area contributed by atoms with Crippen molar-refractivity contribution in [3.63, 3.8) is 0 Å². The van der Waals surface area contributed by atoms with Crippen LogP contribution in [0.5, 0.6) is 11.5 Å². The molecule has 124 valence electrons. The fourth-order valence-electron chi connectivity index (χ4n) is 1.86. The zero-order chi connectivity index (χ0) is 17.5. The molecular weight excluding hydrogens is 314 g/mol. The van der Waals surface area contributed by atoms with Gasteiger partial charge in [0.15, 0.2) is 12.4 Å². The predicted octanol–water partition coefficient (Wildman–Crippen LogP) is 2.14. The van der Waals surface area contributed by atoms with Gasteiger partial charge in [0.2, 0.25) is 0 Å². The van der Waals surface area contributed by atoms with Gasteiger partial charge in [-0.05, 0) is 25.1 Å². The van der Waals surface area contributed by atoms with Crippen LogP contribution in [0.25, 0.3) is 0 Å². The van der Waals surface area contributed by atoms with Gasteiger partial charge in [-0.3, -0.25) is 14.9 Å². The van der Waals surface area contributed by atoms with Gasteiger partial charge in [0.1, 0.15) is 5.75 Å². The lowest BCUT2D eigenvalue weighted by Crippen LogP contribution is -2.24. The summed E-state index contributed by atoms with van der Waals surface area (Å²) in [5, 5.41) is 24.2. The Morgan fingerprint density at radius 1 is 1.38 bits per heavy atom. The number of amides is 1. The van der Waals surface area contributed by atoms with Gasteiger partial charge in [-0.1, -0.05) is 23.8 Å². The Morgan fingerprint density at radius 2 is 2.12 bits per heavy atom. The molecule has 0 heterocycles. The number of carbonyl (C=O) groups excluding carboxylic acids is 1. The molecule has 8 nitrogen and oxygen atoms in total. The third-order valence-electron chi connectivity index (χ3n) is 3.00. The van der Waals surface area contributed by atoms with Crippen molar-refractivity contribution in [1.29, 1.82) is 0 Å². The number of nitrogens with zero attached hydrogens (tertiary/aromatic N) is 2. The number of para-hydroxylation sites is 2. The zero-order valence-corrected chi connectivity index (χ0v) is 12.8. The third kappa shape index (κ3) is 4.54. The SMILES string of the molecule is Cc1ccc(O)c(C=NNC(=O)COc2ccccc2[N+](=O)[O-])c1. The third-order valence-corrected chi connectivity index (χ3v) is 3.00. The molecule has 2 rings (SSSR count). The molecule has 24 heavy (non-hydrogen) atoms. The van der Waals surface area contributed by atoms with Crippen LogP contribution in [0.2, 0.25) is 0 Å². The Labute approximate surface area is 137 Å². The minimum absolute atomic E-state index is 0.00189. The summed E-state index contributed by atoms with van der Waals surface area (Å²) < 4.78 is 5.13. The first-order valence-corrected chi connectivity index (χ1v) is 6.95. The van der Waals surface area contributed by atoms with E-state index in [1.807, 2.05) is 6.92 Å². The van der Waals surface area contributed by atoms with Gasteiger partial charge in [0.05, 0.1) is 11.1 Å². The average Bonchev–Trinajstić information content (AvgIpc) is 2.56. The van der Waals surface area contributed by atoms with E-state index in [-0.39, 0.29) is 17.2 Å². The molecular formula is C16H15N3O5. The number of carbonyl (C=O) groups is 1. The quantitative estimate of drug-likeness (QED) is 0.479. The standard InChI is InChI=1S/C16H15N3O5/c1-11-6-7-14(20)12(8-11)9-17-18-16(21)10-24-15-5-3-2-4-13(15)19(22)23/h2-9,20H,10H2,1H3,(H,18,21). The first-order chi connectivity index (χ1) is 11.5. The zero-order valence-electron chi connectivity index (χ0n) is 12.8. The van der Waals surface area contributed by atoms with Crippen LogP contribution in [0.4, 0.5) is 5.69 Å². The highest BCUT2D eigenvalue weighted by Gasteiger charge is 2.14. The number of phenolic OH excluding ortho intramolecular Hbond substituents is 1. The Bertz CT molecular complexity index is 789. The van der Waals surface area contributed by atoms with Crippen molar-refractivity contribution >= 4 is 17.8 Å². The van der Waals surface area contributed by atoms with Crippen LogP contribution in [0.3, 0.4) is 0 Å². The van der Waals surface area contributed by atoms with Crippen molar-refractivity contribution in [1.82, 2.24) is 5.43 Å². The van der Waals surface area contributed by atoms with Gasteiger partial charge in [-0.25, -0.2) is 5.43 Å². The van der Waals surface area contributed by atoms with Crippen LogP contribution in [0.15, 0.2) is 47.6 Å². The first kappa shape index (κ1) is 16.9. The second-order valence-electron chi connectivity index (χ2n) is 4.87. The van der Waals surface area contributed by atoms with Crippen molar-refractivity contribution in [2.45, 2.75) is 6.92 Å². The number of aryl methyl sites for hydroxylation is 1. The number of nitro groups is 1. The van der Waals surface area contributed by atoms with Gasteiger partial charge in [0.25, 0.3) is 5.91 Å². The lowest BCUT2D eigenvalue weighted by Gasteiger charge is -2.05. The number of nitrogens with one attached hydrogen (secondary N) is 1. The molecule has 8 heteroatoms. The fraction of sp³-hybridized carbons (Fsp3) is 0.125. The number of hydrogen-bond acceptors (Lipinski definition) is 6. The average molecular weight is 329 g/mol. The summed E-state index contributed by atoms with van der Waals surface area (Å²) in [6.07, 6.45) is 1.30. The van der Waals surface area contributed by atoms with E-state index >= 15 is 0 Å². The summed E-state index contributed by atoms with van der Waals surface area (Å²) in [6, 6.07) is 10.7. The minimum Gasteiger partial charge on any atom is -0.507 e. The largest absolute Gasteiger partial charge is 0.507 e. The van der Waals surface area contributed by atoms with Gasteiger partial charge in [-0.2, -0.15) is 5.10 Å². The van der Waals surface area contributed by atoms with Gasteiger partial charge < -0.3 is 9.84 Å². The number of aromatic hydroxyl groups is 1. The molecule has 0 saturated carbocycles. The van der Waals surface area contributed by atoms with Gasteiger partial charge in [-0.15, -0.1) is 0 Å². The van der Waals surface area contributed by atoms with E-state index in [0.717, 1.165) is 5.56 Å². The maximum atomic E-state index is 11.7. The fourth-order valence-corrected chi connectivity index (χ4v) is 1.86. The molecule has 2 aromatic carbocycles. The smallest absolute Gasteiger partial charge is 0.310 e. The number of benzene rings is 2. The summed E-state index contributed by atoms with van der Waals surface area (Å²) in [6.45, 7) is 1.43. The Hall–Kier alpha value is -3.42. The van der Waals surface area contributed by atoms with Crippen LogP contribution in [-0.4, -0.2) is 28.8 Å². The van der Waals surface area contributed by atoms with E-state index in [4.69, 9.17) is 4.74 Å². The van der Waals surface area contributed by atoms with Crippen molar-refractivity contribution < 1.29 is 19.6 Å². The van der Waals surface area contributed by atoms with E-state index in [0.29, 0.717) is 5.56 Å². The highest BCUT2D eigenvalue weighted by molar-refractivity contribution is 5.85. The Balaban J connectivity index is 1.91. The lowest BCUT2D eigenvalue weighted by molar-refractivity contribution is -0.385. The number of hydrogen-bond donors (Lipinski definition) is 2. The van der Waals surface area contributed by atoms with E-state index in [1.165, 1.54) is 30.5 Å². The first-order valence-electron chi connectivity index (χ1n) is 6.95. The van der Waals surface area contributed by atoms with Crippen LogP contribution in [0, 0.1) is 17.0 Å². The molecule has 0 bridgehead atoms. The summed E-state index contributed by atoms with van der Waals surface area (Å²) in [5.74, 6) is -0.552. The van der Waals surface area contributed by atoms with Crippen LogP contribution >= 0.6 is 0 Å². The molecule has 2 aromatic rings. The second kappa shape index (κ2) is 7.73. The molecule has 0 saturated heterocycles. The summed E-state index contributed by atoms with van der Waals surface area (Å²) >= 11 is 0. The Morgan fingerprint density at radius 3 is 2.88 bits per heavy atom. The maximum Gasteiger partial charge on any atom is 0.310 e. The molecule has 0 fully saturated rings. The van der Waals surface area contributed by atoms with Gasteiger partial charge >= 0.3 is 5.69 Å². The highest BCUT2D eigenvalue weighted by atomic mass is 16.6. The molecule has 0 aliphatic heterocycles. The molecule has 2 N–H and O–H groups in total. The number of phenols is 1. The summed E-state index contributed by atoms with van der Waals surface area (Å²) in [7, 11) is 0. The van der Waals surface area contributed by atoms with E-state index in [9.17, 15) is 20.0 Å². The second-order valence-corrected chi connectivity index (χ2v) is 4.87. The normalized spacial score (nSPS) is 10.5. The maximum absolute atomic E-state index is 11.7. The lowest BCUT2D eigenvalue weighted by atomic mass is 10.1. The molecule has 0 radical (unpaired) electrons. The summed E-state index contributed by atoms with van der Waals surface area (Å²) in [4.78, 5) is 21.9. The molecule has 0 aromatic heterocycles. The molecule has 0 aliphatic rings. The van der Waals surface area contributed by atoms with Crippen molar-refractivity contribution in [2.75, 3.05) is 6.61 Å². The molecule has 0 spiro atoms. The molecule has 0 unspecified atom stereocenters. The molecule has 0 atom stereocenters.